The molecule has 0 aromatic rings. The van der Waals surface area contributed by atoms with Gasteiger partial charge in [0.15, 0.2) is 0 Å². The van der Waals surface area contributed by atoms with Gasteiger partial charge in [0.1, 0.15) is 0 Å². The lowest BCUT2D eigenvalue weighted by atomic mass is 10.4. The van der Waals surface area contributed by atoms with Gasteiger partial charge < -0.3 is 4.90 Å². The molecule has 0 bridgehead atoms. The highest BCUT2D eigenvalue weighted by Crippen LogP contribution is 2.15. The monoisotopic (exact) mass is 159 g/mol. The minimum absolute atomic E-state index is 0.266. The Morgan fingerprint density at radius 2 is 2.50 bits per heavy atom. The second kappa shape index (κ2) is 3.28. The van der Waals surface area contributed by atoms with Crippen LogP contribution < -0.4 is 0 Å². The molecule has 1 aliphatic heterocycles. The highest BCUT2D eigenvalue weighted by Gasteiger charge is 2.25. The van der Waals surface area contributed by atoms with E-state index in [9.17, 15) is 4.79 Å². The maximum absolute atomic E-state index is 11.1. The van der Waals surface area contributed by atoms with Gasteiger partial charge in [0, 0.05) is 24.8 Å². The lowest BCUT2D eigenvalue weighted by molar-refractivity contribution is -0.127. The molecule has 1 atom stereocenters. The topological polar surface area (TPSA) is 20.3 Å². The molecule has 1 unspecified atom stereocenters. The van der Waals surface area contributed by atoms with Gasteiger partial charge in [-0.3, -0.25) is 4.79 Å². The molecule has 58 valence electrons. The first-order valence-corrected chi connectivity index (χ1v) is 4.21. The Labute approximate surface area is 67.0 Å². The Balaban J connectivity index is 2.39. The van der Waals surface area contributed by atoms with Gasteiger partial charge in [0.2, 0.25) is 5.91 Å². The van der Waals surface area contributed by atoms with Gasteiger partial charge in [-0.05, 0) is 6.42 Å². The van der Waals surface area contributed by atoms with Gasteiger partial charge >= 0.3 is 0 Å². The summed E-state index contributed by atoms with van der Waals surface area (Å²) in [7, 11) is 0. The highest BCUT2D eigenvalue weighted by atomic mass is 32.1. The van der Waals surface area contributed by atoms with Gasteiger partial charge in [-0.2, -0.15) is 12.6 Å². The maximum atomic E-state index is 11.1. The van der Waals surface area contributed by atoms with E-state index in [4.69, 9.17) is 0 Å². The summed E-state index contributed by atoms with van der Waals surface area (Å²) in [6.07, 6.45) is 1.68. The van der Waals surface area contributed by atoms with Crippen LogP contribution in [0.4, 0.5) is 0 Å². The van der Waals surface area contributed by atoms with Crippen LogP contribution in [0, 0.1) is 0 Å². The van der Waals surface area contributed by atoms with Gasteiger partial charge in [-0.25, -0.2) is 0 Å². The SMILES string of the molecule is CCCN1CC(S)CC1=O. The molecule has 0 N–H and O–H groups in total. The quantitative estimate of drug-likeness (QED) is 0.594. The minimum Gasteiger partial charge on any atom is -0.342 e. The minimum atomic E-state index is 0.266. The van der Waals surface area contributed by atoms with Crippen LogP contribution in [0.5, 0.6) is 0 Å². The summed E-state index contributed by atoms with van der Waals surface area (Å²) < 4.78 is 0. The van der Waals surface area contributed by atoms with Gasteiger partial charge in [0.05, 0.1) is 0 Å². The van der Waals surface area contributed by atoms with Crippen LogP contribution in [0.25, 0.3) is 0 Å². The number of hydrogen-bond donors (Lipinski definition) is 1. The van der Waals surface area contributed by atoms with Crippen LogP contribution in [0.3, 0.4) is 0 Å². The molecule has 0 aliphatic carbocycles. The van der Waals surface area contributed by atoms with Crippen LogP contribution in [0.2, 0.25) is 0 Å². The van der Waals surface area contributed by atoms with Gasteiger partial charge in [0.25, 0.3) is 0 Å². The first kappa shape index (κ1) is 7.92. The summed E-state index contributed by atoms with van der Waals surface area (Å²) in [5.41, 5.74) is 0. The lowest BCUT2D eigenvalue weighted by Gasteiger charge is -2.13. The van der Waals surface area contributed by atoms with Crippen molar-refractivity contribution in [2.24, 2.45) is 0 Å². The number of carbonyl (C=O) groups excluding carboxylic acids is 1. The number of hydrogen-bond acceptors (Lipinski definition) is 2. The van der Waals surface area contributed by atoms with Crippen molar-refractivity contribution in [1.82, 2.24) is 4.90 Å². The molecule has 1 amide bonds. The van der Waals surface area contributed by atoms with Crippen molar-refractivity contribution in [2.45, 2.75) is 25.0 Å². The van der Waals surface area contributed by atoms with E-state index in [1.54, 1.807) is 0 Å². The van der Waals surface area contributed by atoms with E-state index in [1.807, 2.05) is 4.90 Å². The molecule has 0 saturated carbocycles. The van der Waals surface area contributed by atoms with Crippen molar-refractivity contribution < 1.29 is 4.79 Å². The Bertz CT molecular complexity index is 138. The van der Waals surface area contributed by atoms with Gasteiger partial charge in [-0.1, -0.05) is 6.92 Å². The largest absolute Gasteiger partial charge is 0.342 e. The lowest BCUT2D eigenvalue weighted by Crippen LogP contribution is -2.25. The molecule has 1 heterocycles. The summed E-state index contributed by atoms with van der Waals surface area (Å²) in [6, 6.07) is 0. The molecular weight excluding hydrogens is 146 g/mol. The average molecular weight is 159 g/mol. The molecule has 1 rings (SSSR count). The third-order valence-corrected chi connectivity index (χ3v) is 2.03. The zero-order chi connectivity index (χ0) is 7.56. The number of nitrogens with zero attached hydrogens (tertiary/aromatic N) is 1. The highest BCUT2D eigenvalue weighted by molar-refractivity contribution is 7.81. The predicted molar refractivity (Wildman–Crippen MR) is 44.3 cm³/mol. The normalized spacial score (nSPS) is 26.0. The van der Waals surface area contributed by atoms with Crippen molar-refractivity contribution >= 4 is 18.5 Å². The molecule has 1 fully saturated rings. The van der Waals surface area contributed by atoms with E-state index in [2.05, 4.69) is 19.6 Å². The van der Waals surface area contributed by atoms with E-state index in [0.717, 1.165) is 19.5 Å². The fourth-order valence-corrected chi connectivity index (χ4v) is 1.59. The standard InChI is InChI=1S/C7H13NOS/c1-2-3-8-5-6(10)4-7(8)9/h6,10H,2-5H2,1H3. The zero-order valence-corrected chi connectivity index (χ0v) is 7.10. The van der Waals surface area contributed by atoms with Crippen LogP contribution >= 0.6 is 12.6 Å². The molecule has 1 saturated heterocycles. The number of rotatable bonds is 2. The summed E-state index contributed by atoms with van der Waals surface area (Å²) in [5, 5.41) is 0.277. The average Bonchev–Trinajstić information content (AvgIpc) is 2.13. The van der Waals surface area contributed by atoms with Crippen LogP contribution in [0.1, 0.15) is 19.8 Å². The fourth-order valence-electron chi connectivity index (χ4n) is 1.24. The molecule has 10 heavy (non-hydrogen) atoms. The number of amides is 1. The predicted octanol–water partition coefficient (Wildman–Crippen LogP) is 0.927. The van der Waals surface area contributed by atoms with Crippen molar-refractivity contribution in [3.05, 3.63) is 0 Å². The molecule has 1 aliphatic rings. The molecule has 0 aromatic heterocycles. The molecule has 0 aromatic carbocycles. The van der Waals surface area contributed by atoms with Crippen molar-refractivity contribution in [2.75, 3.05) is 13.1 Å². The smallest absolute Gasteiger partial charge is 0.223 e. The van der Waals surface area contributed by atoms with Crippen LogP contribution in [0.15, 0.2) is 0 Å². The Morgan fingerprint density at radius 1 is 1.80 bits per heavy atom. The van der Waals surface area contributed by atoms with E-state index in [-0.39, 0.29) is 11.2 Å². The fraction of sp³-hybridized carbons (Fsp3) is 0.857. The molecule has 2 nitrogen and oxygen atoms in total. The van der Waals surface area contributed by atoms with E-state index >= 15 is 0 Å². The number of carbonyl (C=O) groups is 1. The van der Waals surface area contributed by atoms with E-state index in [1.165, 1.54) is 0 Å². The van der Waals surface area contributed by atoms with Crippen molar-refractivity contribution in [3.8, 4) is 0 Å². The molecular formula is C7H13NOS. The van der Waals surface area contributed by atoms with E-state index in [0.29, 0.717) is 6.42 Å². The first-order valence-electron chi connectivity index (χ1n) is 3.70. The van der Waals surface area contributed by atoms with Crippen LogP contribution in [-0.4, -0.2) is 29.1 Å². The summed E-state index contributed by atoms with van der Waals surface area (Å²) >= 11 is 4.24. The maximum Gasteiger partial charge on any atom is 0.223 e. The summed E-state index contributed by atoms with van der Waals surface area (Å²) in [5.74, 6) is 0.266. The third-order valence-electron chi connectivity index (χ3n) is 1.69. The van der Waals surface area contributed by atoms with E-state index < -0.39 is 0 Å². The molecule has 0 spiro atoms. The Morgan fingerprint density at radius 3 is 2.90 bits per heavy atom. The molecule has 0 radical (unpaired) electrons. The first-order chi connectivity index (χ1) is 4.74. The Hall–Kier alpha value is -0.180. The summed E-state index contributed by atoms with van der Waals surface area (Å²) in [4.78, 5) is 12.9. The zero-order valence-electron chi connectivity index (χ0n) is 6.21. The van der Waals surface area contributed by atoms with Crippen molar-refractivity contribution in [1.29, 1.82) is 0 Å². The Kier molecular flexibility index (Phi) is 2.60. The third kappa shape index (κ3) is 1.66. The second-order valence-corrected chi connectivity index (χ2v) is 3.43. The van der Waals surface area contributed by atoms with Crippen LogP contribution in [-0.2, 0) is 4.79 Å². The summed E-state index contributed by atoms with van der Waals surface area (Å²) in [6.45, 7) is 3.82. The van der Waals surface area contributed by atoms with Crippen molar-refractivity contribution in [3.63, 3.8) is 0 Å². The van der Waals surface area contributed by atoms with Gasteiger partial charge in [-0.15, -0.1) is 0 Å². The molecule has 3 heteroatoms. The second-order valence-electron chi connectivity index (χ2n) is 2.70. The number of likely N-dealkylation sites (tertiary alicyclic amines) is 1. The number of thiol groups is 1.